The summed E-state index contributed by atoms with van der Waals surface area (Å²) in [7, 11) is 0. The summed E-state index contributed by atoms with van der Waals surface area (Å²) in [6.07, 6.45) is 4.45. The van der Waals surface area contributed by atoms with Crippen molar-refractivity contribution in [3.63, 3.8) is 0 Å². The number of aromatic nitrogens is 3. The molecule has 0 amide bonds. The van der Waals surface area contributed by atoms with Crippen LogP contribution in [0, 0.1) is 0 Å². The summed E-state index contributed by atoms with van der Waals surface area (Å²) < 4.78 is 2.04. The predicted molar refractivity (Wildman–Crippen MR) is 115 cm³/mol. The van der Waals surface area contributed by atoms with E-state index in [0.29, 0.717) is 13.1 Å². The maximum Gasteiger partial charge on any atom is 0.192 e. The normalized spacial score (nSPS) is 12.7. The molecule has 146 valence electrons. The monoisotopic (exact) mass is 376 g/mol. The Hall–Kier alpha value is -3.15. The third-order valence-corrected chi connectivity index (χ3v) is 4.68. The van der Waals surface area contributed by atoms with Crippen LogP contribution in [-0.4, -0.2) is 33.8 Å². The number of hydrogen-bond acceptors (Lipinski definition) is 3. The first-order chi connectivity index (χ1) is 13.7. The Morgan fingerprint density at radius 1 is 1.25 bits per heavy atom. The van der Waals surface area contributed by atoms with Crippen molar-refractivity contribution in [2.24, 2.45) is 4.99 Å². The van der Waals surface area contributed by atoms with Crippen LogP contribution in [0.4, 0.5) is 0 Å². The third-order valence-electron chi connectivity index (χ3n) is 4.68. The van der Waals surface area contributed by atoms with Crippen molar-refractivity contribution < 1.29 is 0 Å². The molecule has 0 spiro atoms. The van der Waals surface area contributed by atoms with Gasteiger partial charge in [-0.3, -0.25) is 4.99 Å². The van der Waals surface area contributed by atoms with Crippen molar-refractivity contribution in [1.29, 1.82) is 0 Å². The van der Waals surface area contributed by atoms with Crippen LogP contribution in [0.15, 0.2) is 66.4 Å². The summed E-state index contributed by atoms with van der Waals surface area (Å²) in [5, 5.41) is 17.4. The number of aliphatic imine (C=N–C) groups is 1. The van der Waals surface area contributed by atoms with Crippen molar-refractivity contribution in [1.82, 2.24) is 25.4 Å². The van der Waals surface area contributed by atoms with E-state index in [9.17, 15) is 0 Å². The first-order valence-electron chi connectivity index (χ1n) is 9.73. The molecule has 0 saturated carbocycles. The summed E-state index contributed by atoms with van der Waals surface area (Å²) in [4.78, 5) is 4.73. The number of fused-ring (bicyclic) bond motifs is 1. The first-order valence-corrected chi connectivity index (χ1v) is 9.73. The number of aryl methyl sites for hydroxylation is 1. The Morgan fingerprint density at radius 3 is 2.89 bits per heavy atom. The fourth-order valence-corrected chi connectivity index (χ4v) is 3.24. The Morgan fingerprint density at radius 2 is 2.07 bits per heavy atom. The number of nitrogens with one attached hydrogen (secondary N) is 2. The van der Waals surface area contributed by atoms with Crippen molar-refractivity contribution in [3.8, 4) is 0 Å². The number of rotatable bonds is 8. The minimum Gasteiger partial charge on any atom is -0.353 e. The van der Waals surface area contributed by atoms with Gasteiger partial charge in [0.25, 0.3) is 0 Å². The van der Waals surface area contributed by atoms with Crippen LogP contribution in [0.5, 0.6) is 0 Å². The van der Waals surface area contributed by atoms with Crippen LogP contribution in [0.2, 0.25) is 0 Å². The Kier molecular flexibility index (Phi) is 6.78. The molecule has 1 aromatic heterocycles. The molecule has 3 aromatic rings. The van der Waals surface area contributed by atoms with Gasteiger partial charge in [0.05, 0.1) is 12.6 Å². The van der Waals surface area contributed by atoms with E-state index in [1.165, 1.54) is 16.3 Å². The van der Waals surface area contributed by atoms with E-state index in [4.69, 9.17) is 4.99 Å². The molecule has 28 heavy (non-hydrogen) atoms. The second-order valence-corrected chi connectivity index (χ2v) is 6.63. The molecule has 2 N–H and O–H groups in total. The van der Waals surface area contributed by atoms with Crippen LogP contribution < -0.4 is 10.6 Å². The average Bonchev–Trinajstić information content (AvgIpc) is 3.18. The van der Waals surface area contributed by atoms with Gasteiger partial charge in [-0.2, -0.15) is 0 Å². The lowest BCUT2D eigenvalue weighted by atomic mass is 10.00. The Labute approximate surface area is 166 Å². The third kappa shape index (κ3) is 4.76. The quantitative estimate of drug-likeness (QED) is 0.359. The van der Waals surface area contributed by atoms with E-state index in [-0.39, 0.29) is 6.04 Å². The van der Waals surface area contributed by atoms with Gasteiger partial charge in [-0.25, -0.2) is 0 Å². The molecule has 6 heteroatoms. The fourth-order valence-electron chi connectivity index (χ4n) is 3.24. The molecule has 0 saturated heterocycles. The van der Waals surface area contributed by atoms with Gasteiger partial charge in [0, 0.05) is 19.5 Å². The summed E-state index contributed by atoms with van der Waals surface area (Å²) in [5.41, 5.74) is 1.25. The van der Waals surface area contributed by atoms with Crippen LogP contribution >= 0.6 is 0 Å². The highest BCUT2D eigenvalue weighted by molar-refractivity contribution is 5.87. The predicted octanol–water partition coefficient (Wildman–Crippen LogP) is 3.48. The average molecular weight is 377 g/mol. The van der Waals surface area contributed by atoms with Crippen LogP contribution in [0.3, 0.4) is 0 Å². The Bertz CT molecular complexity index is 938. The van der Waals surface area contributed by atoms with E-state index >= 15 is 0 Å². The lowest BCUT2D eigenvalue weighted by Gasteiger charge is -2.20. The van der Waals surface area contributed by atoms with Crippen molar-refractivity contribution in [3.05, 3.63) is 72.8 Å². The number of hydrogen-bond donors (Lipinski definition) is 2. The zero-order valence-corrected chi connectivity index (χ0v) is 16.6. The van der Waals surface area contributed by atoms with E-state index in [1.54, 1.807) is 6.33 Å². The van der Waals surface area contributed by atoms with Gasteiger partial charge in [-0.1, -0.05) is 55.5 Å². The standard InChI is InChI=1S/C22H28N6/c1-4-13-23-22(24-14-15-28-16-25-27-21(28)5-2)26-17(3)19-12-8-10-18-9-6-7-11-20(18)19/h4,6-12,16-17H,1,5,13-15H2,2-3H3,(H2,23,24,26). The van der Waals surface area contributed by atoms with E-state index in [2.05, 4.69) is 83.7 Å². The van der Waals surface area contributed by atoms with E-state index < -0.39 is 0 Å². The molecule has 3 rings (SSSR count). The molecule has 0 aliphatic heterocycles. The molecule has 0 radical (unpaired) electrons. The highest BCUT2D eigenvalue weighted by atomic mass is 15.3. The summed E-state index contributed by atoms with van der Waals surface area (Å²) in [5.74, 6) is 1.75. The highest BCUT2D eigenvalue weighted by Gasteiger charge is 2.11. The van der Waals surface area contributed by atoms with Gasteiger partial charge in [-0.05, 0) is 23.3 Å². The summed E-state index contributed by atoms with van der Waals surface area (Å²) >= 11 is 0. The number of nitrogens with zero attached hydrogens (tertiary/aromatic N) is 4. The first kappa shape index (κ1) is 19.6. The molecule has 0 aliphatic rings. The zero-order chi connectivity index (χ0) is 19.8. The fraction of sp³-hybridized carbons (Fsp3) is 0.318. The summed E-state index contributed by atoms with van der Waals surface area (Å²) in [6.45, 7) is 10.1. The second kappa shape index (κ2) is 9.69. The molecular formula is C22H28N6. The molecule has 0 bridgehead atoms. The molecule has 1 unspecified atom stereocenters. The van der Waals surface area contributed by atoms with Gasteiger partial charge in [0.15, 0.2) is 5.96 Å². The molecule has 2 aromatic carbocycles. The van der Waals surface area contributed by atoms with Crippen molar-refractivity contribution in [2.45, 2.75) is 32.9 Å². The van der Waals surface area contributed by atoms with Gasteiger partial charge >= 0.3 is 0 Å². The topological polar surface area (TPSA) is 67.1 Å². The molecular weight excluding hydrogens is 348 g/mol. The largest absolute Gasteiger partial charge is 0.353 e. The van der Waals surface area contributed by atoms with Crippen LogP contribution in [0.25, 0.3) is 10.8 Å². The molecule has 0 aliphatic carbocycles. The highest BCUT2D eigenvalue weighted by Crippen LogP contribution is 2.23. The number of benzene rings is 2. The minimum absolute atomic E-state index is 0.114. The van der Waals surface area contributed by atoms with Crippen molar-refractivity contribution >= 4 is 16.7 Å². The zero-order valence-electron chi connectivity index (χ0n) is 16.6. The van der Waals surface area contributed by atoms with Gasteiger partial charge in [0.2, 0.25) is 0 Å². The molecule has 6 nitrogen and oxygen atoms in total. The minimum atomic E-state index is 0.114. The second-order valence-electron chi connectivity index (χ2n) is 6.63. The smallest absolute Gasteiger partial charge is 0.192 e. The van der Waals surface area contributed by atoms with Gasteiger partial charge in [0.1, 0.15) is 12.2 Å². The Balaban J connectivity index is 1.72. The van der Waals surface area contributed by atoms with Crippen LogP contribution in [-0.2, 0) is 13.0 Å². The summed E-state index contributed by atoms with van der Waals surface area (Å²) in [6, 6.07) is 15.0. The van der Waals surface area contributed by atoms with Gasteiger partial charge in [-0.15, -0.1) is 16.8 Å². The van der Waals surface area contributed by atoms with E-state index in [0.717, 1.165) is 24.7 Å². The molecule has 0 fully saturated rings. The maximum atomic E-state index is 4.73. The molecule has 1 atom stereocenters. The lowest BCUT2D eigenvalue weighted by Crippen LogP contribution is -2.39. The maximum absolute atomic E-state index is 4.73. The molecule has 1 heterocycles. The van der Waals surface area contributed by atoms with E-state index in [1.807, 2.05) is 10.6 Å². The van der Waals surface area contributed by atoms with Gasteiger partial charge < -0.3 is 15.2 Å². The SMILES string of the molecule is C=CCNC(=NCCn1cnnc1CC)NC(C)c1cccc2ccccc12. The lowest BCUT2D eigenvalue weighted by molar-refractivity contribution is 0.652. The number of guanidine groups is 1. The van der Waals surface area contributed by atoms with Crippen molar-refractivity contribution in [2.75, 3.05) is 13.1 Å². The van der Waals surface area contributed by atoms with Crippen LogP contribution in [0.1, 0.15) is 31.3 Å².